The van der Waals surface area contributed by atoms with Gasteiger partial charge in [0.2, 0.25) is 0 Å². The molecular weight excluding hydrogens is 288 g/mol. The fraction of sp³-hybridized carbons (Fsp3) is 0.538. The summed E-state index contributed by atoms with van der Waals surface area (Å²) in [6, 6.07) is 3.41. The average Bonchev–Trinajstić information content (AvgIpc) is 2.69. The number of halogens is 2. The molecule has 2 rings (SSSR count). The predicted molar refractivity (Wildman–Crippen MR) is 70.9 cm³/mol. The van der Waals surface area contributed by atoms with E-state index in [0.29, 0.717) is 13.0 Å². The molecule has 2 N–H and O–H groups in total. The Balaban J connectivity index is 1.85. The Labute approximate surface area is 116 Å². The van der Waals surface area contributed by atoms with Crippen LogP contribution < -0.4 is 5.32 Å². The molecule has 1 saturated heterocycles. The van der Waals surface area contributed by atoms with Gasteiger partial charge in [0.05, 0.1) is 23.2 Å². The first-order chi connectivity index (χ1) is 9.39. The summed E-state index contributed by atoms with van der Waals surface area (Å²) in [4.78, 5) is 0. The fourth-order valence-corrected chi connectivity index (χ4v) is 4.25. The molecule has 112 valence electrons. The molecule has 1 aliphatic rings. The monoisotopic (exact) mass is 305 g/mol. The van der Waals surface area contributed by atoms with Crippen LogP contribution in [0.2, 0.25) is 0 Å². The van der Waals surface area contributed by atoms with Crippen molar-refractivity contribution in [3.05, 3.63) is 35.4 Å². The molecule has 0 aromatic heterocycles. The van der Waals surface area contributed by atoms with Crippen LogP contribution in [0, 0.1) is 17.6 Å². The summed E-state index contributed by atoms with van der Waals surface area (Å²) in [5, 5.41) is 12.7. The number of aliphatic hydroxyl groups is 1. The average molecular weight is 305 g/mol. The third kappa shape index (κ3) is 3.74. The van der Waals surface area contributed by atoms with Crippen molar-refractivity contribution in [3.63, 3.8) is 0 Å². The Morgan fingerprint density at radius 1 is 1.35 bits per heavy atom. The van der Waals surface area contributed by atoms with Crippen LogP contribution in [-0.2, 0) is 9.84 Å². The smallest absolute Gasteiger partial charge is 0.150 e. The molecular formula is C13H17F2NO3S. The van der Waals surface area contributed by atoms with E-state index in [4.69, 9.17) is 0 Å². The topological polar surface area (TPSA) is 66.4 Å². The molecule has 0 amide bonds. The second-order valence-corrected chi connectivity index (χ2v) is 7.31. The number of nitrogens with one attached hydrogen (secondary N) is 1. The van der Waals surface area contributed by atoms with Gasteiger partial charge in [0.15, 0.2) is 9.84 Å². The van der Waals surface area contributed by atoms with Crippen LogP contribution in [0.4, 0.5) is 8.78 Å². The first-order valence-electron chi connectivity index (χ1n) is 6.42. The SMILES string of the molecule is O=S1(=O)CCC(CNCC(O)c2c(F)cccc2F)C1. The molecule has 7 heteroatoms. The van der Waals surface area contributed by atoms with Gasteiger partial charge in [-0.15, -0.1) is 0 Å². The van der Waals surface area contributed by atoms with Gasteiger partial charge in [0.25, 0.3) is 0 Å². The number of rotatable bonds is 5. The van der Waals surface area contributed by atoms with Crippen LogP contribution in [0.15, 0.2) is 18.2 Å². The molecule has 0 saturated carbocycles. The van der Waals surface area contributed by atoms with Crippen molar-refractivity contribution in [2.45, 2.75) is 12.5 Å². The highest BCUT2D eigenvalue weighted by molar-refractivity contribution is 7.91. The molecule has 0 bridgehead atoms. The minimum Gasteiger partial charge on any atom is -0.387 e. The largest absolute Gasteiger partial charge is 0.387 e. The Morgan fingerprint density at radius 2 is 2.00 bits per heavy atom. The van der Waals surface area contributed by atoms with E-state index in [0.717, 1.165) is 12.1 Å². The van der Waals surface area contributed by atoms with Gasteiger partial charge < -0.3 is 10.4 Å². The standard InChI is InChI=1S/C13H17F2NO3S/c14-10-2-1-3-11(15)13(10)12(17)7-16-6-9-4-5-20(18,19)8-9/h1-3,9,12,16-17H,4-8H2. The van der Waals surface area contributed by atoms with Crippen molar-refractivity contribution in [1.82, 2.24) is 5.32 Å². The molecule has 2 atom stereocenters. The Kier molecular flexibility index (Phi) is 4.72. The molecule has 1 aliphatic heterocycles. The summed E-state index contributed by atoms with van der Waals surface area (Å²) in [5.74, 6) is -1.27. The van der Waals surface area contributed by atoms with E-state index >= 15 is 0 Å². The lowest BCUT2D eigenvalue weighted by molar-refractivity contribution is 0.163. The lowest BCUT2D eigenvalue weighted by Crippen LogP contribution is -2.28. The second-order valence-electron chi connectivity index (χ2n) is 5.08. The molecule has 1 aromatic rings. The third-order valence-corrected chi connectivity index (χ3v) is 5.27. The van der Waals surface area contributed by atoms with Crippen LogP contribution in [0.1, 0.15) is 18.1 Å². The van der Waals surface area contributed by atoms with Gasteiger partial charge in [-0.05, 0) is 31.0 Å². The van der Waals surface area contributed by atoms with Gasteiger partial charge in [0, 0.05) is 6.54 Å². The van der Waals surface area contributed by atoms with E-state index in [-0.39, 0.29) is 29.5 Å². The summed E-state index contributed by atoms with van der Waals surface area (Å²) in [5.41, 5.74) is -0.362. The van der Waals surface area contributed by atoms with E-state index in [1.54, 1.807) is 0 Å². The number of sulfone groups is 1. The van der Waals surface area contributed by atoms with Crippen molar-refractivity contribution >= 4 is 9.84 Å². The quantitative estimate of drug-likeness (QED) is 0.852. The highest BCUT2D eigenvalue weighted by Crippen LogP contribution is 2.21. The maximum Gasteiger partial charge on any atom is 0.150 e. The molecule has 0 radical (unpaired) electrons. The van der Waals surface area contributed by atoms with Crippen molar-refractivity contribution in [2.75, 3.05) is 24.6 Å². The summed E-state index contributed by atoms with van der Waals surface area (Å²) in [6.07, 6.45) is -0.714. The van der Waals surface area contributed by atoms with E-state index in [1.807, 2.05) is 0 Å². The van der Waals surface area contributed by atoms with Crippen LogP contribution in [0.3, 0.4) is 0 Å². The summed E-state index contributed by atoms with van der Waals surface area (Å²) >= 11 is 0. The summed E-state index contributed by atoms with van der Waals surface area (Å²) in [7, 11) is -2.93. The number of aliphatic hydroxyl groups excluding tert-OH is 1. The molecule has 20 heavy (non-hydrogen) atoms. The van der Waals surface area contributed by atoms with E-state index < -0.39 is 27.6 Å². The number of hydrogen-bond acceptors (Lipinski definition) is 4. The van der Waals surface area contributed by atoms with Gasteiger partial charge in [-0.3, -0.25) is 0 Å². The zero-order valence-corrected chi connectivity index (χ0v) is 11.7. The van der Waals surface area contributed by atoms with Crippen molar-refractivity contribution in [1.29, 1.82) is 0 Å². The first kappa shape index (κ1) is 15.3. The summed E-state index contributed by atoms with van der Waals surface area (Å²) in [6.45, 7) is 0.390. The minimum atomic E-state index is -2.93. The predicted octanol–water partition coefficient (Wildman–Crippen LogP) is 1.02. The Bertz CT molecular complexity index is 557. The molecule has 1 heterocycles. The first-order valence-corrected chi connectivity index (χ1v) is 8.24. The zero-order chi connectivity index (χ0) is 14.8. The van der Waals surface area contributed by atoms with Crippen LogP contribution in [-0.4, -0.2) is 38.1 Å². The minimum absolute atomic E-state index is 0.00216. The molecule has 1 aromatic carbocycles. The molecule has 2 unspecified atom stereocenters. The Morgan fingerprint density at radius 3 is 2.55 bits per heavy atom. The zero-order valence-electron chi connectivity index (χ0n) is 10.9. The van der Waals surface area contributed by atoms with Crippen molar-refractivity contribution < 1.29 is 22.3 Å². The number of benzene rings is 1. The van der Waals surface area contributed by atoms with Crippen LogP contribution in [0.25, 0.3) is 0 Å². The van der Waals surface area contributed by atoms with E-state index in [9.17, 15) is 22.3 Å². The van der Waals surface area contributed by atoms with Crippen molar-refractivity contribution in [2.24, 2.45) is 5.92 Å². The summed E-state index contributed by atoms with van der Waals surface area (Å²) < 4.78 is 49.4. The van der Waals surface area contributed by atoms with Gasteiger partial charge in [-0.1, -0.05) is 6.07 Å². The molecule has 0 aliphatic carbocycles. The maximum absolute atomic E-state index is 13.4. The maximum atomic E-state index is 13.4. The fourth-order valence-electron chi connectivity index (χ4n) is 2.39. The van der Waals surface area contributed by atoms with E-state index in [1.165, 1.54) is 6.07 Å². The lowest BCUT2D eigenvalue weighted by atomic mass is 10.1. The van der Waals surface area contributed by atoms with Crippen molar-refractivity contribution in [3.8, 4) is 0 Å². The van der Waals surface area contributed by atoms with Gasteiger partial charge >= 0.3 is 0 Å². The van der Waals surface area contributed by atoms with Gasteiger partial charge in [0.1, 0.15) is 11.6 Å². The molecule has 1 fully saturated rings. The molecule has 0 spiro atoms. The highest BCUT2D eigenvalue weighted by Gasteiger charge is 2.27. The lowest BCUT2D eigenvalue weighted by Gasteiger charge is -2.15. The van der Waals surface area contributed by atoms with E-state index in [2.05, 4.69) is 5.32 Å². The number of hydrogen-bond donors (Lipinski definition) is 2. The van der Waals surface area contributed by atoms with Crippen LogP contribution in [0.5, 0.6) is 0 Å². The van der Waals surface area contributed by atoms with Crippen LogP contribution >= 0.6 is 0 Å². The van der Waals surface area contributed by atoms with Gasteiger partial charge in [-0.25, -0.2) is 17.2 Å². The third-order valence-electron chi connectivity index (χ3n) is 3.43. The highest BCUT2D eigenvalue weighted by atomic mass is 32.2. The molecule has 4 nitrogen and oxygen atoms in total. The Hall–Kier alpha value is -1.05. The normalized spacial score (nSPS) is 22.9. The van der Waals surface area contributed by atoms with Gasteiger partial charge in [-0.2, -0.15) is 0 Å². The second kappa shape index (κ2) is 6.15.